The Morgan fingerprint density at radius 3 is 2.86 bits per heavy atom. The first-order chi connectivity index (χ1) is 10.2. The first kappa shape index (κ1) is 14.1. The molecule has 1 aliphatic heterocycles. The Morgan fingerprint density at radius 2 is 2.05 bits per heavy atom. The molecule has 2 aromatic rings. The van der Waals surface area contributed by atoms with E-state index in [1.54, 1.807) is 0 Å². The zero-order chi connectivity index (χ0) is 14.8. The number of hydrogen-bond donors (Lipinski definition) is 1. The highest BCUT2D eigenvalue weighted by molar-refractivity contribution is 5.68. The molecule has 2 atom stereocenters. The molecule has 0 spiro atoms. The standard InChI is InChI=1S/C18H23N3/c1-13-11-15-7-4-5-9-17(15)21(12-13)18-16(14(2)19-3)8-6-10-20-18/h4-10,13-14,19H,11-12H2,1-3H3. The van der Waals surface area contributed by atoms with Gasteiger partial charge in [0, 0.05) is 30.0 Å². The third-order valence-electron chi connectivity index (χ3n) is 4.32. The monoisotopic (exact) mass is 281 g/mol. The summed E-state index contributed by atoms with van der Waals surface area (Å²) < 4.78 is 0. The fourth-order valence-corrected chi connectivity index (χ4v) is 3.13. The van der Waals surface area contributed by atoms with E-state index >= 15 is 0 Å². The van der Waals surface area contributed by atoms with E-state index in [4.69, 9.17) is 4.98 Å². The third kappa shape index (κ3) is 2.66. The number of hydrogen-bond acceptors (Lipinski definition) is 3. The molecule has 1 aromatic carbocycles. The maximum absolute atomic E-state index is 4.69. The molecule has 3 heteroatoms. The molecule has 0 radical (unpaired) electrons. The van der Waals surface area contributed by atoms with Crippen molar-refractivity contribution >= 4 is 11.5 Å². The van der Waals surface area contributed by atoms with Crippen LogP contribution in [-0.4, -0.2) is 18.6 Å². The van der Waals surface area contributed by atoms with Crippen LogP contribution in [0.15, 0.2) is 42.6 Å². The second kappa shape index (κ2) is 5.86. The molecule has 0 fully saturated rings. The summed E-state index contributed by atoms with van der Waals surface area (Å²) in [5.41, 5.74) is 3.98. The summed E-state index contributed by atoms with van der Waals surface area (Å²) in [6.45, 7) is 5.52. The molecule has 0 bridgehead atoms. The smallest absolute Gasteiger partial charge is 0.137 e. The van der Waals surface area contributed by atoms with E-state index in [1.165, 1.54) is 16.8 Å². The van der Waals surface area contributed by atoms with Gasteiger partial charge in [-0.25, -0.2) is 4.98 Å². The van der Waals surface area contributed by atoms with Crippen molar-refractivity contribution < 1.29 is 0 Å². The minimum absolute atomic E-state index is 0.290. The largest absolute Gasteiger partial charge is 0.326 e. The van der Waals surface area contributed by atoms with Crippen LogP contribution in [0.2, 0.25) is 0 Å². The van der Waals surface area contributed by atoms with Crippen molar-refractivity contribution in [3.8, 4) is 0 Å². The summed E-state index contributed by atoms with van der Waals surface area (Å²) in [5.74, 6) is 1.72. The Hall–Kier alpha value is -1.87. The van der Waals surface area contributed by atoms with Crippen LogP contribution in [0.5, 0.6) is 0 Å². The number of pyridine rings is 1. The SMILES string of the molecule is CNC(C)c1cccnc1N1CC(C)Cc2ccccc21. The van der Waals surface area contributed by atoms with Crippen LogP contribution in [-0.2, 0) is 6.42 Å². The molecule has 21 heavy (non-hydrogen) atoms. The van der Waals surface area contributed by atoms with Gasteiger partial charge in [-0.1, -0.05) is 31.2 Å². The molecule has 0 saturated carbocycles. The van der Waals surface area contributed by atoms with Gasteiger partial charge in [0.25, 0.3) is 0 Å². The molecule has 0 amide bonds. The van der Waals surface area contributed by atoms with Crippen molar-refractivity contribution in [1.82, 2.24) is 10.3 Å². The van der Waals surface area contributed by atoms with Crippen LogP contribution in [0, 0.1) is 5.92 Å². The second-order valence-corrected chi connectivity index (χ2v) is 5.98. The zero-order valence-corrected chi connectivity index (χ0v) is 13.0. The van der Waals surface area contributed by atoms with E-state index < -0.39 is 0 Å². The van der Waals surface area contributed by atoms with Gasteiger partial charge in [-0.2, -0.15) is 0 Å². The minimum atomic E-state index is 0.290. The van der Waals surface area contributed by atoms with Crippen LogP contribution in [0.3, 0.4) is 0 Å². The summed E-state index contributed by atoms with van der Waals surface area (Å²) in [6, 6.07) is 13.2. The van der Waals surface area contributed by atoms with E-state index in [1.807, 2.05) is 19.3 Å². The van der Waals surface area contributed by atoms with Gasteiger partial charge in [0.1, 0.15) is 5.82 Å². The van der Waals surface area contributed by atoms with Crippen molar-refractivity contribution in [2.45, 2.75) is 26.3 Å². The summed E-state index contributed by atoms with van der Waals surface area (Å²) >= 11 is 0. The van der Waals surface area contributed by atoms with E-state index in [9.17, 15) is 0 Å². The predicted octanol–water partition coefficient (Wildman–Crippen LogP) is 3.69. The van der Waals surface area contributed by atoms with Crippen molar-refractivity contribution in [3.05, 3.63) is 53.7 Å². The quantitative estimate of drug-likeness (QED) is 0.930. The van der Waals surface area contributed by atoms with Gasteiger partial charge in [0.2, 0.25) is 0 Å². The van der Waals surface area contributed by atoms with Crippen molar-refractivity contribution in [3.63, 3.8) is 0 Å². The molecule has 0 aliphatic carbocycles. The first-order valence-corrected chi connectivity index (χ1v) is 7.68. The van der Waals surface area contributed by atoms with Gasteiger partial charge in [-0.3, -0.25) is 0 Å². The van der Waals surface area contributed by atoms with Gasteiger partial charge in [0.05, 0.1) is 0 Å². The molecule has 0 saturated heterocycles. The molecule has 1 N–H and O–H groups in total. The number of rotatable bonds is 3. The lowest BCUT2D eigenvalue weighted by Crippen LogP contribution is -2.32. The van der Waals surface area contributed by atoms with Crippen LogP contribution in [0.25, 0.3) is 0 Å². The highest BCUT2D eigenvalue weighted by atomic mass is 15.2. The fraction of sp³-hybridized carbons (Fsp3) is 0.389. The topological polar surface area (TPSA) is 28.2 Å². The number of nitrogens with zero attached hydrogens (tertiary/aromatic N) is 2. The lowest BCUT2D eigenvalue weighted by atomic mass is 9.93. The molecule has 3 rings (SSSR count). The number of para-hydroxylation sites is 1. The third-order valence-corrected chi connectivity index (χ3v) is 4.32. The number of benzene rings is 1. The van der Waals surface area contributed by atoms with Gasteiger partial charge < -0.3 is 10.2 Å². The molecular formula is C18H23N3. The van der Waals surface area contributed by atoms with Gasteiger partial charge in [-0.15, -0.1) is 0 Å². The van der Waals surface area contributed by atoms with Crippen LogP contribution in [0.1, 0.15) is 31.0 Å². The average Bonchev–Trinajstić information content (AvgIpc) is 2.53. The van der Waals surface area contributed by atoms with E-state index in [0.717, 1.165) is 18.8 Å². The van der Waals surface area contributed by atoms with Crippen molar-refractivity contribution in [2.75, 3.05) is 18.5 Å². The Morgan fingerprint density at radius 1 is 1.24 bits per heavy atom. The fourth-order valence-electron chi connectivity index (χ4n) is 3.13. The lowest BCUT2D eigenvalue weighted by Gasteiger charge is -2.35. The van der Waals surface area contributed by atoms with Gasteiger partial charge in [-0.05, 0) is 44.0 Å². The zero-order valence-electron chi connectivity index (χ0n) is 13.0. The lowest BCUT2D eigenvalue weighted by molar-refractivity contribution is 0.556. The van der Waals surface area contributed by atoms with Crippen LogP contribution in [0.4, 0.5) is 11.5 Å². The molecule has 110 valence electrons. The molecule has 2 heterocycles. The molecule has 2 unspecified atom stereocenters. The normalized spacial score (nSPS) is 19.2. The Kier molecular flexibility index (Phi) is 3.93. The summed E-state index contributed by atoms with van der Waals surface area (Å²) in [7, 11) is 1.99. The first-order valence-electron chi connectivity index (χ1n) is 7.68. The second-order valence-electron chi connectivity index (χ2n) is 5.98. The minimum Gasteiger partial charge on any atom is -0.326 e. The Labute approximate surface area is 127 Å². The molecule has 1 aromatic heterocycles. The van der Waals surface area contributed by atoms with Crippen molar-refractivity contribution in [2.24, 2.45) is 5.92 Å². The van der Waals surface area contributed by atoms with E-state index in [0.29, 0.717) is 5.92 Å². The van der Waals surface area contributed by atoms with Crippen LogP contribution < -0.4 is 10.2 Å². The molecule has 3 nitrogen and oxygen atoms in total. The Bertz CT molecular complexity index is 623. The summed E-state index contributed by atoms with van der Waals surface area (Å²) in [4.78, 5) is 7.07. The summed E-state index contributed by atoms with van der Waals surface area (Å²) in [5, 5.41) is 3.33. The van der Waals surface area contributed by atoms with E-state index in [-0.39, 0.29) is 6.04 Å². The maximum atomic E-state index is 4.69. The van der Waals surface area contributed by atoms with E-state index in [2.05, 4.69) is 54.4 Å². The number of aromatic nitrogens is 1. The Balaban J connectivity index is 2.09. The number of anilines is 2. The van der Waals surface area contributed by atoms with Gasteiger partial charge >= 0.3 is 0 Å². The predicted molar refractivity (Wildman–Crippen MR) is 88.0 cm³/mol. The van der Waals surface area contributed by atoms with Gasteiger partial charge in [0.15, 0.2) is 0 Å². The average molecular weight is 281 g/mol. The number of fused-ring (bicyclic) bond motifs is 1. The maximum Gasteiger partial charge on any atom is 0.137 e. The highest BCUT2D eigenvalue weighted by Gasteiger charge is 2.25. The molecule has 1 aliphatic rings. The number of nitrogens with one attached hydrogen (secondary N) is 1. The molecular weight excluding hydrogens is 258 g/mol. The van der Waals surface area contributed by atoms with Crippen LogP contribution >= 0.6 is 0 Å². The van der Waals surface area contributed by atoms with Crippen molar-refractivity contribution in [1.29, 1.82) is 0 Å². The summed E-state index contributed by atoms with van der Waals surface area (Å²) in [6.07, 6.45) is 3.04. The highest BCUT2D eigenvalue weighted by Crippen LogP contribution is 2.37.